The fourth-order valence-corrected chi connectivity index (χ4v) is 2.65. The van der Waals surface area contributed by atoms with Crippen LogP contribution < -0.4 is 0 Å². The Labute approximate surface area is 109 Å². The molecule has 0 saturated carbocycles. The van der Waals surface area contributed by atoms with Crippen LogP contribution in [-0.4, -0.2) is 4.83 Å². The van der Waals surface area contributed by atoms with Gasteiger partial charge in [0.15, 0.2) is 11.4 Å². The first-order valence-electron chi connectivity index (χ1n) is 6.01. The molecule has 2 aromatic rings. The van der Waals surface area contributed by atoms with Crippen LogP contribution in [0, 0.1) is 5.82 Å². The average molecular weight is 299 g/mol. The third-order valence-electron chi connectivity index (χ3n) is 2.85. The lowest BCUT2D eigenvalue weighted by Gasteiger charge is -2.05. The van der Waals surface area contributed by atoms with Gasteiger partial charge in [-0.15, -0.1) is 0 Å². The maximum Gasteiger partial charge on any atom is 0.169 e. The summed E-state index contributed by atoms with van der Waals surface area (Å²) < 4.78 is 18.9. The lowest BCUT2D eigenvalue weighted by Crippen LogP contribution is -1.98. The smallest absolute Gasteiger partial charge is 0.169 e. The summed E-state index contributed by atoms with van der Waals surface area (Å²) in [6.07, 6.45) is 4.21. The van der Waals surface area contributed by atoms with Crippen LogP contribution in [0.1, 0.15) is 31.9 Å². The van der Waals surface area contributed by atoms with E-state index in [1.54, 1.807) is 6.07 Å². The molecule has 0 aliphatic carbocycles. The van der Waals surface area contributed by atoms with E-state index in [0.717, 1.165) is 30.4 Å². The minimum atomic E-state index is -0.280. The van der Waals surface area contributed by atoms with Gasteiger partial charge in [0.2, 0.25) is 0 Å². The van der Waals surface area contributed by atoms with Crippen molar-refractivity contribution in [2.45, 2.75) is 37.4 Å². The van der Waals surface area contributed by atoms with E-state index in [9.17, 15) is 4.39 Å². The van der Waals surface area contributed by atoms with Crippen molar-refractivity contribution in [3.05, 3.63) is 35.8 Å². The van der Waals surface area contributed by atoms with Crippen LogP contribution in [0.5, 0.6) is 0 Å². The van der Waals surface area contributed by atoms with Crippen molar-refractivity contribution in [1.29, 1.82) is 0 Å². The highest BCUT2D eigenvalue weighted by Gasteiger charge is 2.09. The van der Waals surface area contributed by atoms with Crippen LogP contribution >= 0.6 is 15.9 Å². The number of para-hydroxylation sites is 1. The quantitative estimate of drug-likeness (QED) is 0.703. The summed E-state index contributed by atoms with van der Waals surface area (Å²) in [4.78, 5) is 0.519. The van der Waals surface area contributed by atoms with Crippen LogP contribution in [0.2, 0.25) is 0 Å². The van der Waals surface area contributed by atoms with Crippen LogP contribution in [0.15, 0.2) is 28.7 Å². The van der Waals surface area contributed by atoms with Gasteiger partial charge < -0.3 is 4.42 Å². The molecule has 2 rings (SSSR count). The molecule has 1 aromatic heterocycles. The van der Waals surface area contributed by atoms with Crippen molar-refractivity contribution >= 4 is 26.9 Å². The van der Waals surface area contributed by atoms with Gasteiger partial charge in [-0.05, 0) is 25.0 Å². The van der Waals surface area contributed by atoms with E-state index < -0.39 is 0 Å². The van der Waals surface area contributed by atoms with Gasteiger partial charge in [-0.25, -0.2) is 4.39 Å². The summed E-state index contributed by atoms with van der Waals surface area (Å²) >= 11 is 3.64. The number of aryl methyl sites for hydroxylation is 1. The molecule has 0 radical (unpaired) electrons. The Morgan fingerprint density at radius 2 is 2.18 bits per heavy atom. The third kappa shape index (κ3) is 3.09. The fraction of sp³-hybridized carbons (Fsp3) is 0.429. The summed E-state index contributed by atoms with van der Waals surface area (Å²) in [5, 5.41) is 0.849. The van der Waals surface area contributed by atoms with Crippen molar-refractivity contribution in [2.75, 3.05) is 0 Å². The minimum absolute atomic E-state index is 0.280. The maximum absolute atomic E-state index is 13.4. The molecule has 3 heteroatoms. The topological polar surface area (TPSA) is 13.1 Å². The van der Waals surface area contributed by atoms with E-state index in [4.69, 9.17) is 4.42 Å². The molecule has 0 fully saturated rings. The monoisotopic (exact) mass is 298 g/mol. The van der Waals surface area contributed by atoms with Crippen molar-refractivity contribution in [3.63, 3.8) is 0 Å². The Morgan fingerprint density at radius 1 is 1.35 bits per heavy atom. The van der Waals surface area contributed by atoms with Crippen LogP contribution in [0.3, 0.4) is 0 Å². The normalized spacial score (nSPS) is 13.1. The number of furan rings is 1. The van der Waals surface area contributed by atoms with Crippen molar-refractivity contribution in [2.24, 2.45) is 0 Å². The first-order chi connectivity index (χ1) is 8.20. The molecule has 1 atom stereocenters. The Balaban J connectivity index is 2.07. The lowest BCUT2D eigenvalue weighted by molar-refractivity contribution is 0.508. The van der Waals surface area contributed by atoms with Gasteiger partial charge in [0, 0.05) is 16.6 Å². The molecule has 0 saturated heterocycles. The molecule has 0 aliphatic heterocycles. The Kier molecular flexibility index (Phi) is 4.21. The third-order valence-corrected chi connectivity index (χ3v) is 3.77. The van der Waals surface area contributed by atoms with Gasteiger partial charge in [0.05, 0.1) is 0 Å². The molecule has 1 nitrogen and oxygen atoms in total. The zero-order valence-electron chi connectivity index (χ0n) is 9.88. The number of fused-ring (bicyclic) bond motifs is 1. The Morgan fingerprint density at radius 3 is 2.88 bits per heavy atom. The number of rotatable bonds is 5. The number of alkyl halides is 1. The lowest BCUT2D eigenvalue weighted by atomic mass is 10.1. The molecule has 1 unspecified atom stereocenters. The van der Waals surface area contributed by atoms with Crippen LogP contribution in [-0.2, 0) is 6.42 Å². The molecule has 1 heterocycles. The number of halogens is 2. The molecular formula is C14H16BrFO. The van der Waals surface area contributed by atoms with E-state index in [2.05, 4.69) is 22.9 Å². The standard InChI is InChI=1S/C14H16BrFO/c1-2-4-11(15)7-8-12-9-10-5-3-6-13(16)14(10)17-12/h3,5-6,9,11H,2,4,7-8H2,1H3. The molecule has 92 valence electrons. The zero-order valence-corrected chi connectivity index (χ0v) is 11.5. The minimum Gasteiger partial charge on any atom is -0.458 e. The summed E-state index contributed by atoms with van der Waals surface area (Å²) in [6.45, 7) is 2.17. The predicted octanol–water partition coefficient (Wildman–Crippen LogP) is 5.07. The van der Waals surface area contributed by atoms with Crippen molar-refractivity contribution in [3.8, 4) is 0 Å². The Hall–Kier alpha value is -0.830. The van der Waals surface area contributed by atoms with E-state index >= 15 is 0 Å². The maximum atomic E-state index is 13.4. The van der Waals surface area contributed by atoms with Crippen LogP contribution in [0.25, 0.3) is 11.0 Å². The second kappa shape index (κ2) is 5.67. The van der Waals surface area contributed by atoms with Gasteiger partial charge in [0.1, 0.15) is 5.76 Å². The van der Waals surface area contributed by atoms with E-state index in [-0.39, 0.29) is 5.82 Å². The second-order valence-corrected chi connectivity index (χ2v) is 5.59. The van der Waals surface area contributed by atoms with E-state index in [1.807, 2.05) is 12.1 Å². The summed E-state index contributed by atoms with van der Waals surface area (Å²) in [5.74, 6) is 0.586. The molecule has 0 amide bonds. The highest BCUT2D eigenvalue weighted by molar-refractivity contribution is 9.09. The summed E-state index contributed by atoms with van der Waals surface area (Å²) in [5.41, 5.74) is 0.379. The van der Waals surface area contributed by atoms with E-state index in [1.165, 1.54) is 12.5 Å². The molecular weight excluding hydrogens is 283 g/mol. The van der Waals surface area contributed by atoms with Gasteiger partial charge >= 0.3 is 0 Å². The van der Waals surface area contributed by atoms with Crippen molar-refractivity contribution < 1.29 is 8.81 Å². The van der Waals surface area contributed by atoms with Crippen molar-refractivity contribution in [1.82, 2.24) is 0 Å². The SMILES string of the molecule is CCCC(Br)CCc1cc2cccc(F)c2o1. The molecule has 0 N–H and O–H groups in total. The highest BCUT2D eigenvalue weighted by atomic mass is 79.9. The predicted molar refractivity (Wildman–Crippen MR) is 72.1 cm³/mol. The number of hydrogen-bond donors (Lipinski definition) is 0. The van der Waals surface area contributed by atoms with Gasteiger partial charge in [-0.2, -0.15) is 0 Å². The number of hydrogen-bond acceptors (Lipinski definition) is 1. The number of benzene rings is 1. The largest absolute Gasteiger partial charge is 0.458 e. The van der Waals surface area contributed by atoms with Gasteiger partial charge in [-0.1, -0.05) is 41.4 Å². The zero-order chi connectivity index (χ0) is 12.3. The van der Waals surface area contributed by atoms with E-state index in [0.29, 0.717) is 10.4 Å². The second-order valence-electron chi connectivity index (χ2n) is 4.30. The summed E-state index contributed by atoms with van der Waals surface area (Å²) in [6, 6.07) is 6.95. The molecule has 1 aromatic carbocycles. The molecule has 0 aliphatic rings. The van der Waals surface area contributed by atoms with Gasteiger partial charge in [0.25, 0.3) is 0 Å². The Bertz CT molecular complexity index is 492. The average Bonchev–Trinajstić information content (AvgIpc) is 2.71. The molecule has 17 heavy (non-hydrogen) atoms. The van der Waals surface area contributed by atoms with Crippen LogP contribution in [0.4, 0.5) is 4.39 Å². The first-order valence-corrected chi connectivity index (χ1v) is 6.93. The fourth-order valence-electron chi connectivity index (χ4n) is 1.96. The van der Waals surface area contributed by atoms with Gasteiger partial charge in [-0.3, -0.25) is 0 Å². The summed E-state index contributed by atoms with van der Waals surface area (Å²) in [7, 11) is 0. The molecule has 0 spiro atoms. The molecule has 0 bridgehead atoms. The first kappa shape index (κ1) is 12.6. The highest BCUT2D eigenvalue weighted by Crippen LogP contribution is 2.24.